The van der Waals surface area contributed by atoms with Gasteiger partial charge in [-0.1, -0.05) is 18.2 Å². The normalized spacial score (nSPS) is 10.4. The first-order valence-corrected chi connectivity index (χ1v) is 6.21. The van der Waals surface area contributed by atoms with Crippen molar-refractivity contribution in [2.75, 3.05) is 5.73 Å². The standard InChI is InChI=1S/C16H12N4/c1-10-6-13(18)16(19-9-10)12-7-11-4-2-3-5-14(11)20-15(12)8-17/h2-7,9H,18H2,1H3. The lowest BCUT2D eigenvalue weighted by molar-refractivity contribution is 1.25. The van der Waals surface area contributed by atoms with Crippen molar-refractivity contribution in [1.82, 2.24) is 9.97 Å². The summed E-state index contributed by atoms with van der Waals surface area (Å²) in [5, 5.41) is 10.3. The van der Waals surface area contributed by atoms with Crippen LogP contribution in [0, 0.1) is 18.3 Å². The van der Waals surface area contributed by atoms with E-state index < -0.39 is 0 Å². The highest BCUT2D eigenvalue weighted by molar-refractivity contribution is 5.87. The highest BCUT2D eigenvalue weighted by Crippen LogP contribution is 2.29. The molecule has 1 aromatic carbocycles. The monoisotopic (exact) mass is 260 g/mol. The number of aromatic nitrogens is 2. The second-order valence-corrected chi connectivity index (χ2v) is 4.64. The number of para-hydroxylation sites is 1. The molecule has 3 rings (SSSR count). The minimum Gasteiger partial charge on any atom is -0.397 e. The molecule has 2 heterocycles. The fourth-order valence-electron chi connectivity index (χ4n) is 2.20. The Hall–Kier alpha value is -2.93. The van der Waals surface area contributed by atoms with Crippen molar-refractivity contribution in [2.45, 2.75) is 6.92 Å². The summed E-state index contributed by atoms with van der Waals surface area (Å²) in [7, 11) is 0. The fourth-order valence-corrected chi connectivity index (χ4v) is 2.20. The average molecular weight is 260 g/mol. The summed E-state index contributed by atoms with van der Waals surface area (Å²) in [6.45, 7) is 1.93. The van der Waals surface area contributed by atoms with Gasteiger partial charge in [-0.05, 0) is 30.7 Å². The molecule has 0 aliphatic heterocycles. The van der Waals surface area contributed by atoms with Gasteiger partial charge in [0.2, 0.25) is 0 Å². The number of hydrogen-bond donors (Lipinski definition) is 1. The van der Waals surface area contributed by atoms with Crippen LogP contribution >= 0.6 is 0 Å². The van der Waals surface area contributed by atoms with Crippen LogP contribution in [-0.4, -0.2) is 9.97 Å². The van der Waals surface area contributed by atoms with Gasteiger partial charge in [0.25, 0.3) is 0 Å². The number of pyridine rings is 2. The minimum atomic E-state index is 0.340. The number of hydrogen-bond acceptors (Lipinski definition) is 4. The molecule has 0 fully saturated rings. The summed E-state index contributed by atoms with van der Waals surface area (Å²) in [4.78, 5) is 8.72. The van der Waals surface area contributed by atoms with Gasteiger partial charge in [0.1, 0.15) is 6.07 Å². The number of aryl methyl sites for hydroxylation is 1. The Labute approximate surface area is 116 Å². The first kappa shape index (κ1) is 12.1. The zero-order chi connectivity index (χ0) is 14.1. The van der Waals surface area contributed by atoms with E-state index >= 15 is 0 Å². The molecule has 0 saturated carbocycles. The Morgan fingerprint density at radius 2 is 2.00 bits per heavy atom. The smallest absolute Gasteiger partial charge is 0.150 e. The van der Waals surface area contributed by atoms with Crippen LogP contribution in [0.1, 0.15) is 11.3 Å². The van der Waals surface area contributed by atoms with E-state index in [4.69, 9.17) is 5.73 Å². The summed E-state index contributed by atoms with van der Waals surface area (Å²) < 4.78 is 0. The molecular formula is C16H12N4. The van der Waals surface area contributed by atoms with Gasteiger partial charge in [-0.3, -0.25) is 4.98 Å². The minimum absolute atomic E-state index is 0.340. The van der Waals surface area contributed by atoms with Gasteiger partial charge >= 0.3 is 0 Å². The van der Waals surface area contributed by atoms with Crippen molar-refractivity contribution in [1.29, 1.82) is 5.26 Å². The van der Waals surface area contributed by atoms with Crippen molar-refractivity contribution in [3.63, 3.8) is 0 Å². The molecule has 0 spiro atoms. The number of fused-ring (bicyclic) bond motifs is 1. The van der Waals surface area contributed by atoms with Crippen LogP contribution in [0.25, 0.3) is 22.2 Å². The molecule has 2 N–H and O–H groups in total. The number of rotatable bonds is 1. The fraction of sp³-hybridized carbons (Fsp3) is 0.0625. The van der Waals surface area contributed by atoms with E-state index in [1.165, 1.54) is 0 Å². The number of nitriles is 1. The molecule has 20 heavy (non-hydrogen) atoms. The van der Waals surface area contributed by atoms with Crippen LogP contribution < -0.4 is 5.73 Å². The third-order valence-corrected chi connectivity index (χ3v) is 3.14. The van der Waals surface area contributed by atoms with Gasteiger partial charge in [0, 0.05) is 17.1 Å². The van der Waals surface area contributed by atoms with Gasteiger partial charge in [0.05, 0.1) is 16.9 Å². The lowest BCUT2D eigenvalue weighted by Crippen LogP contribution is -1.98. The number of anilines is 1. The second-order valence-electron chi connectivity index (χ2n) is 4.64. The molecule has 0 saturated heterocycles. The molecule has 0 atom stereocenters. The predicted octanol–water partition coefficient (Wildman–Crippen LogP) is 3.06. The number of nitrogens with zero attached hydrogens (tertiary/aromatic N) is 3. The maximum absolute atomic E-state index is 9.30. The van der Waals surface area contributed by atoms with Crippen LogP contribution in [0.5, 0.6) is 0 Å². The summed E-state index contributed by atoms with van der Waals surface area (Å²) in [5.74, 6) is 0. The number of nitrogen functional groups attached to an aromatic ring is 1. The Balaban J connectivity index is 2.32. The van der Waals surface area contributed by atoms with Crippen LogP contribution in [0.2, 0.25) is 0 Å². The van der Waals surface area contributed by atoms with Crippen LogP contribution in [0.15, 0.2) is 42.6 Å². The van der Waals surface area contributed by atoms with E-state index in [1.807, 2.05) is 43.3 Å². The lowest BCUT2D eigenvalue weighted by atomic mass is 10.0. The maximum atomic E-state index is 9.30. The van der Waals surface area contributed by atoms with Gasteiger partial charge < -0.3 is 5.73 Å². The first-order valence-electron chi connectivity index (χ1n) is 6.21. The Kier molecular flexibility index (Phi) is 2.81. The summed E-state index contributed by atoms with van der Waals surface area (Å²) >= 11 is 0. The topological polar surface area (TPSA) is 75.6 Å². The van der Waals surface area contributed by atoms with Crippen LogP contribution in [0.3, 0.4) is 0 Å². The van der Waals surface area contributed by atoms with Crippen molar-refractivity contribution in [3.05, 3.63) is 53.9 Å². The van der Waals surface area contributed by atoms with Crippen LogP contribution in [0.4, 0.5) is 5.69 Å². The Morgan fingerprint density at radius 3 is 2.75 bits per heavy atom. The SMILES string of the molecule is Cc1cnc(-c2cc3ccccc3nc2C#N)c(N)c1. The molecule has 0 aliphatic rings. The van der Waals surface area contributed by atoms with Crippen molar-refractivity contribution < 1.29 is 0 Å². The maximum Gasteiger partial charge on any atom is 0.150 e. The molecule has 0 aliphatic carbocycles. The number of nitrogens with two attached hydrogens (primary N) is 1. The first-order chi connectivity index (χ1) is 9.69. The van der Waals surface area contributed by atoms with Crippen LogP contribution in [-0.2, 0) is 0 Å². The number of benzene rings is 1. The molecule has 0 radical (unpaired) electrons. The van der Waals surface area contributed by atoms with Gasteiger partial charge in [-0.15, -0.1) is 0 Å². The highest BCUT2D eigenvalue weighted by atomic mass is 14.8. The Bertz CT molecular complexity index is 847. The molecule has 0 amide bonds. The predicted molar refractivity (Wildman–Crippen MR) is 78.8 cm³/mol. The van der Waals surface area contributed by atoms with E-state index in [0.29, 0.717) is 22.6 Å². The second kappa shape index (κ2) is 4.63. The summed E-state index contributed by atoms with van der Waals surface area (Å²) in [6, 6.07) is 13.5. The van der Waals surface area contributed by atoms with Gasteiger partial charge in [0.15, 0.2) is 5.69 Å². The van der Waals surface area contributed by atoms with Crippen molar-refractivity contribution in [3.8, 4) is 17.3 Å². The van der Waals surface area contributed by atoms with Gasteiger partial charge in [-0.25, -0.2) is 4.98 Å². The Morgan fingerprint density at radius 1 is 1.20 bits per heavy atom. The molecule has 4 heteroatoms. The van der Waals surface area contributed by atoms with Crippen molar-refractivity contribution >= 4 is 16.6 Å². The molecule has 2 aromatic heterocycles. The van der Waals surface area contributed by atoms with E-state index in [9.17, 15) is 5.26 Å². The molecule has 0 bridgehead atoms. The van der Waals surface area contributed by atoms with E-state index in [1.54, 1.807) is 6.20 Å². The van der Waals surface area contributed by atoms with E-state index in [-0.39, 0.29) is 0 Å². The lowest BCUT2D eigenvalue weighted by Gasteiger charge is -2.08. The van der Waals surface area contributed by atoms with Gasteiger partial charge in [-0.2, -0.15) is 5.26 Å². The summed E-state index contributed by atoms with van der Waals surface area (Å²) in [5.41, 5.74) is 9.96. The largest absolute Gasteiger partial charge is 0.397 e. The molecule has 3 aromatic rings. The quantitative estimate of drug-likeness (QED) is 0.729. The van der Waals surface area contributed by atoms with E-state index in [2.05, 4.69) is 16.0 Å². The summed E-state index contributed by atoms with van der Waals surface area (Å²) in [6.07, 6.45) is 1.74. The third-order valence-electron chi connectivity index (χ3n) is 3.14. The van der Waals surface area contributed by atoms with Crippen molar-refractivity contribution in [2.24, 2.45) is 0 Å². The zero-order valence-electron chi connectivity index (χ0n) is 11.0. The zero-order valence-corrected chi connectivity index (χ0v) is 11.0. The third kappa shape index (κ3) is 1.95. The van der Waals surface area contributed by atoms with E-state index in [0.717, 1.165) is 16.5 Å². The molecule has 4 nitrogen and oxygen atoms in total. The molecule has 96 valence electrons. The molecular weight excluding hydrogens is 248 g/mol. The molecule has 0 unspecified atom stereocenters. The average Bonchev–Trinajstić information content (AvgIpc) is 2.46. The highest BCUT2D eigenvalue weighted by Gasteiger charge is 2.12.